The zero-order chi connectivity index (χ0) is 17.9. The summed E-state index contributed by atoms with van der Waals surface area (Å²) in [4.78, 5) is 8.43. The van der Waals surface area contributed by atoms with Crippen molar-refractivity contribution in [2.45, 2.75) is 34.9 Å². The third-order valence-electron chi connectivity index (χ3n) is 3.87. The molecule has 0 saturated carbocycles. The molecule has 0 N–H and O–H groups in total. The first-order chi connectivity index (χ1) is 11.9. The first-order valence-electron chi connectivity index (χ1n) is 7.86. The number of sulfonamides is 1. The molecule has 2 aromatic rings. The maximum absolute atomic E-state index is 12.6. The Hall–Kier alpha value is -0.860. The van der Waals surface area contributed by atoms with Crippen LogP contribution in [0.3, 0.4) is 0 Å². The number of hydrogen-bond acceptors (Lipinski definition) is 5. The second-order valence-electron chi connectivity index (χ2n) is 5.71. The zero-order valence-corrected chi connectivity index (χ0v) is 16.5. The van der Waals surface area contributed by atoms with Crippen LogP contribution in [0.2, 0.25) is 10.3 Å². The largest absolute Gasteiger partial charge is 0.249 e. The summed E-state index contributed by atoms with van der Waals surface area (Å²) < 4.78 is 26.7. The van der Waals surface area contributed by atoms with Gasteiger partial charge in [0.15, 0.2) is 0 Å². The van der Waals surface area contributed by atoms with E-state index in [4.69, 9.17) is 23.2 Å². The molecular formula is C16H17Cl2N3O2S2. The molecule has 0 unspecified atom stereocenters. The van der Waals surface area contributed by atoms with Crippen LogP contribution in [0.4, 0.5) is 0 Å². The summed E-state index contributed by atoms with van der Waals surface area (Å²) in [6.07, 6.45) is 4.34. The molecule has 0 aromatic carbocycles. The molecule has 25 heavy (non-hydrogen) atoms. The van der Waals surface area contributed by atoms with E-state index in [1.807, 2.05) is 0 Å². The standard InChI is InChI=1S/C16H17Cl2N3O2S2/c17-14-8-12(9-15(18)20-14)11-24-16-5-4-13(10-19-16)25(22,23)21-6-2-1-3-7-21/h4-5,8-10H,1-3,6-7,11H2. The average Bonchev–Trinajstić information content (AvgIpc) is 2.60. The Balaban J connectivity index is 1.67. The first kappa shape index (κ1) is 18.9. The summed E-state index contributed by atoms with van der Waals surface area (Å²) in [6.45, 7) is 1.17. The second kappa shape index (κ2) is 8.22. The normalized spacial score (nSPS) is 16.1. The van der Waals surface area contributed by atoms with E-state index in [-0.39, 0.29) is 4.90 Å². The quantitative estimate of drug-likeness (QED) is 0.537. The molecule has 9 heteroatoms. The van der Waals surface area contributed by atoms with Crippen molar-refractivity contribution in [1.82, 2.24) is 14.3 Å². The SMILES string of the molecule is O=S(=O)(c1ccc(SCc2cc(Cl)nc(Cl)c2)nc1)N1CCCCC1. The number of hydrogen-bond donors (Lipinski definition) is 0. The van der Waals surface area contributed by atoms with Crippen molar-refractivity contribution in [3.05, 3.63) is 46.3 Å². The lowest BCUT2D eigenvalue weighted by atomic mass is 10.2. The van der Waals surface area contributed by atoms with E-state index < -0.39 is 10.0 Å². The van der Waals surface area contributed by atoms with E-state index in [1.54, 1.807) is 28.6 Å². The molecule has 1 fully saturated rings. The minimum atomic E-state index is -3.44. The highest BCUT2D eigenvalue weighted by molar-refractivity contribution is 7.98. The Labute approximate surface area is 161 Å². The van der Waals surface area contributed by atoms with Crippen LogP contribution >= 0.6 is 35.0 Å². The van der Waals surface area contributed by atoms with Gasteiger partial charge >= 0.3 is 0 Å². The van der Waals surface area contributed by atoms with Crippen LogP contribution < -0.4 is 0 Å². The highest BCUT2D eigenvalue weighted by Gasteiger charge is 2.26. The molecular weight excluding hydrogens is 401 g/mol. The number of pyridine rings is 2. The third kappa shape index (κ3) is 4.86. The van der Waals surface area contributed by atoms with Crippen LogP contribution in [-0.2, 0) is 15.8 Å². The van der Waals surface area contributed by atoms with Gasteiger partial charge in [-0.25, -0.2) is 18.4 Å². The molecule has 5 nitrogen and oxygen atoms in total. The molecule has 1 aliphatic heterocycles. The minimum Gasteiger partial charge on any atom is -0.249 e. The molecule has 0 spiro atoms. The Kier molecular flexibility index (Phi) is 6.22. The molecule has 2 aromatic heterocycles. The molecule has 3 rings (SSSR count). The van der Waals surface area contributed by atoms with Gasteiger partial charge in [-0.3, -0.25) is 0 Å². The van der Waals surface area contributed by atoms with Gasteiger partial charge in [-0.2, -0.15) is 4.31 Å². The van der Waals surface area contributed by atoms with Gasteiger partial charge in [0.05, 0.1) is 5.03 Å². The van der Waals surface area contributed by atoms with E-state index in [9.17, 15) is 8.42 Å². The van der Waals surface area contributed by atoms with Gasteiger partial charge in [0.25, 0.3) is 0 Å². The molecule has 0 atom stereocenters. The second-order valence-corrected chi connectivity index (χ2v) is 9.41. The van der Waals surface area contributed by atoms with Gasteiger partial charge in [0.1, 0.15) is 15.2 Å². The van der Waals surface area contributed by atoms with Gasteiger partial charge in [-0.1, -0.05) is 29.6 Å². The lowest BCUT2D eigenvalue weighted by molar-refractivity contribution is 0.346. The summed E-state index contributed by atoms with van der Waals surface area (Å²) in [5, 5.41) is 1.43. The Morgan fingerprint density at radius 2 is 1.76 bits per heavy atom. The van der Waals surface area contributed by atoms with Crippen LogP contribution in [0.15, 0.2) is 40.4 Å². The predicted octanol–water partition coefficient (Wildman–Crippen LogP) is 4.25. The Morgan fingerprint density at radius 1 is 1.08 bits per heavy atom. The van der Waals surface area contributed by atoms with Crippen LogP contribution in [0.1, 0.15) is 24.8 Å². The van der Waals surface area contributed by atoms with E-state index >= 15 is 0 Å². The molecule has 0 radical (unpaired) electrons. The van der Waals surface area contributed by atoms with Gasteiger partial charge in [0, 0.05) is 25.0 Å². The fourth-order valence-electron chi connectivity index (χ4n) is 2.61. The Bertz CT molecular complexity index is 819. The summed E-state index contributed by atoms with van der Waals surface area (Å²) in [5.74, 6) is 0.618. The number of nitrogens with zero attached hydrogens (tertiary/aromatic N) is 3. The van der Waals surface area contributed by atoms with Crippen LogP contribution in [0.5, 0.6) is 0 Å². The van der Waals surface area contributed by atoms with E-state index in [0.29, 0.717) is 29.1 Å². The van der Waals surface area contributed by atoms with Crippen LogP contribution in [0.25, 0.3) is 0 Å². The van der Waals surface area contributed by atoms with Gasteiger partial charge < -0.3 is 0 Å². The topological polar surface area (TPSA) is 63.2 Å². The summed E-state index contributed by atoms with van der Waals surface area (Å²) in [5.41, 5.74) is 0.932. The van der Waals surface area contributed by atoms with Crippen molar-refractivity contribution in [2.75, 3.05) is 13.1 Å². The van der Waals surface area contributed by atoms with Crippen molar-refractivity contribution in [3.8, 4) is 0 Å². The van der Waals surface area contributed by atoms with Crippen molar-refractivity contribution < 1.29 is 8.42 Å². The highest BCUT2D eigenvalue weighted by Crippen LogP contribution is 2.26. The third-order valence-corrected chi connectivity index (χ3v) is 7.16. The van der Waals surface area contributed by atoms with Gasteiger partial charge in [-0.15, -0.1) is 11.8 Å². The van der Waals surface area contributed by atoms with Crippen molar-refractivity contribution in [3.63, 3.8) is 0 Å². The maximum atomic E-state index is 12.6. The lowest BCUT2D eigenvalue weighted by Gasteiger charge is -2.25. The molecule has 3 heterocycles. The molecule has 1 aliphatic rings. The molecule has 0 amide bonds. The number of piperidine rings is 1. The zero-order valence-electron chi connectivity index (χ0n) is 13.4. The highest BCUT2D eigenvalue weighted by atomic mass is 35.5. The Morgan fingerprint density at radius 3 is 2.36 bits per heavy atom. The lowest BCUT2D eigenvalue weighted by Crippen LogP contribution is -2.35. The maximum Gasteiger partial charge on any atom is 0.244 e. The number of aromatic nitrogens is 2. The van der Waals surface area contributed by atoms with Crippen molar-refractivity contribution in [1.29, 1.82) is 0 Å². The number of rotatable bonds is 5. The van der Waals surface area contributed by atoms with Crippen molar-refractivity contribution >= 4 is 45.0 Å². The monoisotopic (exact) mass is 417 g/mol. The number of halogens is 2. The smallest absolute Gasteiger partial charge is 0.244 e. The van der Waals surface area contributed by atoms with E-state index in [0.717, 1.165) is 29.9 Å². The van der Waals surface area contributed by atoms with Crippen LogP contribution in [0, 0.1) is 0 Å². The van der Waals surface area contributed by atoms with Gasteiger partial charge in [0.2, 0.25) is 10.0 Å². The fourth-order valence-corrected chi connectivity index (χ4v) is 5.36. The van der Waals surface area contributed by atoms with Crippen molar-refractivity contribution in [2.24, 2.45) is 0 Å². The average molecular weight is 418 g/mol. The fraction of sp³-hybridized carbons (Fsp3) is 0.375. The number of thioether (sulfide) groups is 1. The first-order valence-corrected chi connectivity index (χ1v) is 11.0. The molecule has 0 bridgehead atoms. The predicted molar refractivity (Wildman–Crippen MR) is 101 cm³/mol. The summed E-state index contributed by atoms with van der Waals surface area (Å²) in [6, 6.07) is 6.84. The summed E-state index contributed by atoms with van der Waals surface area (Å²) >= 11 is 13.3. The summed E-state index contributed by atoms with van der Waals surface area (Å²) in [7, 11) is -3.44. The van der Waals surface area contributed by atoms with Gasteiger partial charge in [-0.05, 0) is 42.7 Å². The van der Waals surface area contributed by atoms with E-state index in [1.165, 1.54) is 18.0 Å². The van der Waals surface area contributed by atoms with E-state index in [2.05, 4.69) is 9.97 Å². The minimum absolute atomic E-state index is 0.244. The molecule has 134 valence electrons. The molecule has 0 aliphatic carbocycles. The molecule has 1 saturated heterocycles. The van der Waals surface area contributed by atoms with Crippen LogP contribution in [-0.4, -0.2) is 35.8 Å².